The van der Waals surface area contributed by atoms with Gasteiger partial charge in [0.15, 0.2) is 6.61 Å². The average molecular weight is 627 g/mol. The number of amides is 1. The van der Waals surface area contributed by atoms with E-state index in [1.807, 2.05) is 32.9 Å². The Labute approximate surface area is 242 Å². The van der Waals surface area contributed by atoms with Crippen molar-refractivity contribution in [2.24, 2.45) is 5.10 Å². The van der Waals surface area contributed by atoms with Crippen LogP contribution in [0.25, 0.3) is 10.9 Å². The lowest BCUT2D eigenvalue weighted by Gasteiger charge is -2.14. The molecule has 40 heavy (non-hydrogen) atoms. The zero-order valence-corrected chi connectivity index (χ0v) is 24.2. The van der Waals surface area contributed by atoms with E-state index in [0.29, 0.717) is 28.8 Å². The van der Waals surface area contributed by atoms with Gasteiger partial charge in [0.2, 0.25) is 5.75 Å². The summed E-state index contributed by atoms with van der Waals surface area (Å²) >= 11 is 9.72. The number of ether oxygens (including phenoxy) is 1. The summed E-state index contributed by atoms with van der Waals surface area (Å²) in [6.45, 7) is 5.33. The van der Waals surface area contributed by atoms with Crippen LogP contribution in [-0.2, 0) is 4.79 Å². The van der Waals surface area contributed by atoms with Crippen LogP contribution in [-0.4, -0.2) is 33.3 Å². The van der Waals surface area contributed by atoms with E-state index in [2.05, 4.69) is 31.3 Å². The van der Waals surface area contributed by atoms with Gasteiger partial charge in [0.1, 0.15) is 5.82 Å². The van der Waals surface area contributed by atoms with Gasteiger partial charge < -0.3 is 10.1 Å². The first-order chi connectivity index (χ1) is 19.1. The molecular formula is C28H25BrClN5O5. The van der Waals surface area contributed by atoms with Crippen molar-refractivity contribution in [1.82, 2.24) is 9.66 Å². The molecule has 1 heterocycles. The highest BCUT2D eigenvalue weighted by atomic mass is 79.9. The number of carbonyl (C=O) groups is 1. The standard InChI is InChI=1S/C28H25BrClN5O5/c1-4-17(3)27-33-23-10-7-19(29)13-21(23)28(37)34(27)31-14-18-11-22(30)26(24(12-18)35(38)39)40-15-25(36)32-20-8-5-16(2)6-9-20/h5-14,17H,4,15H2,1-3H3,(H,32,36)/t17-/m0/s1. The molecule has 0 aliphatic carbocycles. The number of fused-ring (bicyclic) bond motifs is 1. The summed E-state index contributed by atoms with van der Waals surface area (Å²) in [5.41, 5.74) is 1.57. The van der Waals surface area contributed by atoms with E-state index in [9.17, 15) is 19.7 Å². The Morgan fingerprint density at radius 2 is 1.98 bits per heavy atom. The topological polar surface area (TPSA) is 129 Å². The summed E-state index contributed by atoms with van der Waals surface area (Å²) in [5, 5.41) is 19.1. The maximum atomic E-state index is 13.3. The second-order valence-corrected chi connectivity index (χ2v) is 10.4. The van der Waals surface area contributed by atoms with Crippen LogP contribution in [0.5, 0.6) is 5.75 Å². The number of nitro groups is 1. The third-order valence-corrected chi connectivity index (χ3v) is 6.91. The second kappa shape index (κ2) is 12.4. The molecule has 4 aromatic rings. The monoisotopic (exact) mass is 625 g/mol. The highest BCUT2D eigenvalue weighted by molar-refractivity contribution is 9.10. The van der Waals surface area contributed by atoms with E-state index < -0.39 is 23.1 Å². The first-order valence-corrected chi connectivity index (χ1v) is 13.5. The number of nitrogens with zero attached hydrogens (tertiary/aromatic N) is 4. The van der Waals surface area contributed by atoms with Gasteiger partial charge in [-0.05, 0) is 49.7 Å². The highest BCUT2D eigenvalue weighted by Crippen LogP contribution is 2.36. The molecule has 10 nitrogen and oxygen atoms in total. The molecule has 1 amide bonds. The Kier molecular flexibility index (Phi) is 8.96. The molecule has 206 valence electrons. The van der Waals surface area contributed by atoms with Gasteiger partial charge in [-0.25, -0.2) is 4.98 Å². The quantitative estimate of drug-likeness (QED) is 0.129. The molecule has 12 heteroatoms. The number of nitro benzene ring substituents is 1. The van der Waals surface area contributed by atoms with Crippen molar-refractivity contribution in [3.63, 3.8) is 0 Å². The minimum absolute atomic E-state index is 0.0855. The Balaban J connectivity index is 1.64. The highest BCUT2D eigenvalue weighted by Gasteiger charge is 2.22. The lowest BCUT2D eigenvalue weighted by molar-refractivity contribution is -0.385. The first-order valence-electron chi connectivity index (χ1n) is 12.3. The van der Waals surface area contributed by atoms with Gasteiger partial charge in [-0.15, -0.1) is 0 Å². The number of rotatable bonds is 9. The fourth-order valence-corrected chi connectivity index (χ4v) is 4.47. The van der Waals surface area contributed by atoms with E-state index in [1.165, 1.54) is 23.0 Å². The lowest BCUT2D eigenvalue weighted by Crippen LogP contribution is -2.23. The molecule has 0 unspecified atom stereocenters. The van der Waals surface area contributed by atoms with Gasteiger partial charge in [-0.3, -0.25) is 19.7 Å². The number of hydrogen-bond donors (Lipinski definition) is 1. The second-order valence-electron chi connectivity index (χ2n) is 9.11. The lowest BCUT2D eigenvalue weighted by atomic mass is 10.1. The van der Waals surface area contributed by atoms with Crippen LogP contribution in [0.3, 0.4) is 0 Å². The molecule has 0 fully saturated rings. The predicted molar refractivity (Wildman–Crippen MR) is 159 cm³/mol. The number of carbonyl (C=O) groups excluding carboxylic acids is 1. The van der Waals surface area contributed by atoms with E-state index >= 15 is 0 Å². The molecule has 1 aromatic heterocycles. The fourth-order valence-electron chi connectivity index (χ4n) is 3.83. The zero-order valence-electron chi connectivity index (χ0n) is 21.9. The van der Waals surface area contributed by atoms with Crippen LogP contribution < -0.4 is 15.6 Å². The molecule has 0 saturated carbocycles. The van der Waals surface area contributed by atoms with Crippen LogP contribution in [0.4, 0.5) is 11.4 Å². The molecular weight excluding hydrogens is 602 g/mol. The summed E-state index contributed by atoms with van der Waals surface area (Å²) < 4.78 is 7.36. The average Bonchev–Trinajstić information content (AvgIpc) is 2.92. The predicted octanol–water partition coefficient (Wildman–Crippen LogP) is 6.44. The molecule has 1 atom stereocenters. The van der Waals surface area contributed by atoms with Crippen LogP contribution in [0.2, 0.25) is 5.02 Å². The van der Waals surface area contributed by atoms with Crippen molar-refractivity contribution >= 4 is 61.9 Å². The van der Waals surface area contributed by atoms with Gasteiger partial charge in [0, 0.05) is 27.7 Å². The van der Waals surface area contributed by atoms with Crippen molar-refractivity contribution in [1.29, 1.82) is 0 Å². The summed E-state index contributed by atoms with van der Waals surface area (Å²) in [5.74, 6) is -0.388. The molecule has 0 aliphatic heterocycles. The minimum atomic E-state index is -0.664. The van der Waals surface area contributed by atoms with Gasteiger partial charge in [-0.1, -0.05) is 59.1 Å². The number of benzene rings is 3. The van der Waals surface area contributed by atoms with E-state index in [1.54, 1.807) is 30.3 Å². The van der Waals surface area contributed by atoms with Gasteiger partial charge in [-0.2, -0.15) is 9.78 Å². The SMILES string of the molecule is CC[C@H](C)c1nc2ccc(Br)cc2c(=O)n1N=Cc1cc(Cl)c(OCC(=O)Nc2ccc(C)cc2)c([N+](=O)[O-])c1. The molecule has 4 rings (SSSR count). The van der Waals surface area contributed by atoms with Crippen molar-refractivity contribution in [2.45, 2.75) is 33.1 Å². The van der Waals surface area contributed by atoms with Crippen LogP contribution in [0.1, 0.15) is 43.1 Å². The van der Waals surface area contributed by atoms with Crippen LogP contribution >= 0.6 is 27.5 Å². The number of hydrogen-bond acceptors (Lipinski definition) is 7. The fraction of sp³-hybridized carbons (Fsp3) is 0.214. The summed E-state index contributed by atoms with van der Waals surface area (Å²) in [6.07, 6.45) is 2.01. The zero-order chi connectivity index (χ0) is 29.0. The Hall–Kier alpha value is -4.09. The Bertz CT molecular complexity index is 1690. The smallest absolute Gasteiger partial charge is 0.313 e. The summed E-state index contributed by atoms with van der Waals surface area (Å²) in [7, 11) is 0. The van der Waals surface area contributed by atoms with Gasteiger partial charge >= 0.3 is 5.69 Å². The molecule has 0 spiro atoms. The van der Waals surface area contributed by atoms with Crippen molar-refractivity contribution in [2.75, 3.05) is 11.9 Å². The third-order valence-electron chi connectivity index (χ3n) is 6.13. The maximum Gasteiger partial charge on any atom is 0.313 e. The summed E-state index contributed by atoms with van der Waals surface area (Å²) in [4.78, 5) is 41.5. The minimum Gasteiger partial charge on any atom is -0.476 e. The van der Waals surface area contributed by atoms with Crippen LogP contribution in [0, 0.1) is 17.0 Å². The number of nitrogens with one attached hydrogen (secondary N) is 1. The molecule has 0 aliphatic rings. The molecule has 1 N–H and O–H groups in total. The molecule has 0 bridgehead atoms. The molecule has 0 saturated heterocycles. The number of aromatic nitrogens is 2. The normalized spacial score (nSPS) is 12.0. The van der Waals surface area contributed by atoms with Gasteiger partial charge in [0.25, 0.3) is 11.5 Å². The Morgan fingerprint density at radius 1 is 1.25 bits per heavy atom. The number of anilines is 1. The third kappa shape index (κ3) is 6.54. The molecule has 0 radical (unpaired) electrons. The Morgan fingerprint density at radius 3 is 2.65 bits per heavy atom. The maximum absolute atomic E-state index is 13.3. The van der Waals surface area contributed by atoms with Gasteiger partial charge in [0.05, 0.1) is 27.1 Å². The number of aryl methyl sites for hydroxylation is 1. The van der Waals surface area contributed by atoms with Crippen LogP contribution in [0.15, 0.2) is 69.0 Å². The van der Waals surface area contributed by atoms with E-state index in [0.717, 1.165) is 10.0 Å². The van der Waals surface area contributed by atoms with Crippen molar-refractivity contribution in [3.8, 4) is 5.75 Å². The molecule has 3 aromatic carbocycles. The number of halogens is 2. The van der Waals surface area contributed by atoms with Crippen molar-refractivity contribution < 1.29 is 14.5 Å². The van der Waals surface area contributed by atoms with Crippen molar-refractivity contribution in [3.05, 3.63) is 102 Å². The van der Waals surface area contributed by atoms with E-state index in [-0.39, 0.29) is 27.8 Å². The first kappa shape index (κ1) is 28.9. The summed E-state index contributed by atoms with van der Waals surface area (Å²) in [6, 6.07) is 15.0. The van der Waals surface area contributed by atoms with E-state index in [4.69, 9.17) is 16.3 Å². The largest absolute Gasteiger partial charge is 0.476 e.